The average Bonchev–Trinajstić information content (AvgIpc) is 2.44. The molecular weight excluding hydrogens is 172 g/mol. The van der Waals surface area contributed by atoms with Crippen LogP contribution in [0.1, 0.15) is 13.8 Å². The first-order chi connectivity index (χ1) is 6.16. The van der Waals surface area contributed by atoms with Crippen LogP contribution in [0.2, 0.25) is 0 Å². The molecule has 2 aliphatic heterocycles. The summed E-state index contributed by atoms with van der Waals surface area (Å²) in [5.74, 6) is -0.289. The van der Waals surface area contributed by atoms with Crippen LogP contribution >= 0.6 is 0 Å². The maximum absolute atomic E-state index is 10.7. The van der Waals surface area contributed by atoms with Gasteiger partial charge in [-0.3, -0.25) is 4.79 Å². The van der Waals surface area contributed by atoms with Crippen LogP contribution in [0.25, 0.3) is 0 Å². The largest absolute Gasteiger partial charge is 0.455 e. The number of hydrogen-bond acceptors (Lipinski definition) is 4. The van der Waals surface area contributed by atoms with Gasteiger partial charge in [-0.2, -0.15) is 0 Å². The lowest BCUT2D eigenvalue weighted by atomic mass is 10.1. The van der Waals surface area contributed by atoms with Crippen molar-refractivity contribution in [1.29, 1.82) is 0 Å². The van der Waals surface area contributed by atoms with E-state index in [0.717, 1.165) is 5.57 Å². The molecule has 13 heavy (non-hydrogen) atoms. The van der Waals surface area contributed by atoms with E-state index in [9.17, 15) is 4.79 Å². The van der Waals surface area contributed by atoms with Gasteiger partial charge in [0.15, 0.2) is 6.29 Å². The van der Waals surface area contributed by atoms with Crippen molar-refractivity contribution in [2.45, 2.75) is 32.3 Å². The molecule has 0 aromatic rings. The maximum atomic E-state index is 10.7. The molecule has 2 bridgehead atoms. The molecule has 0 aromatic heterocycles. The van der Waals surface area contributed by atoms with Gasteiger partial charge >= 0.3 is 5.97 Å². The summed E-state index contributed by atoms with van der Waals surface area (Å²) in [6, 6.07) is 0. The van der Waals surface area contributed by atoms with Gasteiger partial charge in [-0.15, -0.1) is 0 Å². The number of rotatable bonds is 1. The van der Waals surface area contributed by atoms with Gasteiger partial charge < -0.3 is 14.2 Å². The average molecular weight is 184 g/mol. The van der Waals surface area contributed by atoms with E-state index < -0.39 is 0 Å². The highest BCUT2D eigenvalue weighted by Gasteiger charge is 2.38. The molecule has 1 fully saturated rings. The Hall–Kier alpha value is -0.870. The van der Waals surface area contributed by atoms with E-state index in [1.54, 1.807) is 0 Å². The number of carbonyl (C=O) groups is 1. The van der Waals surface area contributed by atoms with Crippen molar-refractivity contribution < 1.29 is 19.0 Å². The van der Waals surface area contributed by atoms with Crippen LogP contribution in [0, 0.1) is 0 Å². The molecule has 0 saturated carbocycles. The van der Waals surface area contributed by atoms with Crippen LogP contribution in [0.3, 0.4) is 0 Å². The van der Waals surface area contributed by atoms with Gasteiger partial charge in [-0.1, -0.05) is 0 Å². The Morgan fingerprint density at radius 3 is 3.15 bits per heavy atom. The molecule has 2 heterocycles. The van der Waals surface area contributed by atoms with Crippen LogP contribution in [-0.2, 0) is 19.0 Å². The lowest BCUT2D eigenvalue weighted by Gasteiger charge is -2.24. The second-order valence-corrected chi connectivity index (χ2v) is 3.32. The van der Waals surface area contributed by atoms with Gasteiger partial charge in [0.25, 0.3) is 0 Å². The standard InChI is InChI=1S/C9H12O4/c1-5-3-7(12-6(2)10)8-4-11-9(5)13-8/h3,7-9H,4H2,1-2H3/t7-,8-,9-/m1/s1. The molecule has 0 spiro atoms. The zero-order chi connectivity index (χ0) is 9.42. The summed E-state index contributed by atoms with van der Waals surface area (Å²) >= 11 is 0. The minimum atomic E-state index is -0.289. The zero-order valence-electron chi connectivity index (χ0n) is 7.65. The second-order valence-electron chi connectivity index (χ2n) is 3.32. The molecule has 0 amide bonds. The Labute approximate surface area is 76.5 Å². The molecule has 4 nitrogen and oxygen atoms in total. The van der Waals surface area contributed by atoms with Crippen LogP contribution in [-0.4, -0.2) is 31.1 Å². The first-order valence-corrected chi connectivity index (χ1v) is 4.29. The Morgan fingerprint density at radius 1 is 1.69 bits per heavy atom. The van der Waals surface area contributed by atoms with Gasteiger partial charge in [0.2, 0.25) is 0 Å². The molecule has 3 atom stereocenters. The van der Waals surface area contributed by atoms with Crippen LogP contribution in [0.4, 0.5) is 0 Å². The van der Waals surface area contributed by atoms with Crippen LogP contribution < -0.4 is 0 Å². The zero-order valence-corrected chi connectivity index (χ0v) is 7.65. The summed E-state index contributed by atoms with van der Waals surface area (Å²) in [6.45, 7) is 3.80. The first-order valence-electron chi connectivity index (χ1n) is 4.29. The van der Waals surface area contributed by atoms with E-state index in [4.69, 9.17) is 14.2 Å². The summed E-state index contributed by atoms with van der Waals surface area (Å²) in [5.41, 5.74) is 0.972. The molecule has 4 heteroatoms. The quantitative estimate of drug-likeness (QED) is 0.442. The normalized spacial score (nSPS) is 37.1. The van der Waals surface area contributed by atoms with Gasteiger partial charge in [-0.25, -0.2) is 0 Å². The summed E-state index contributed by atoms with van der Waals surface area (Å²) < 4.78 is 15.8. The smallest absolute Gasteiger partial charge is 0.303 e. The third-order valence-electron chi connectivity index (χ3n) is 2.18. The van der Waals surface area contributed by atoms with E-state index in [1.165, 1.54) is 6.92 Å². The highest BCUT2D eigenvalue weighted by atomic mass is 16.7. The number of ether oxygens (including phenoxy) is 3. The van der Waals surface area contributed by atoms with Crippen LogP contribution in [0.5, 0.6) is 0 Å². The van der Waals surface area contributed by atoms with Crippen molar-refractivity contribution in [2.75, 3.05) is 6.61 Å². The third-order valence-corrected chi connectivity index (χ3v) is 2.18. The van der Waals surface area contributed by atoms with Gasteiger partial charge in [-0.05, 0) is 18.6 Å². The molecule has 72 valence electrons. The van der Waals surface area contributed by atoms with Crippen molar-refractivity contribution in [3.8, 4) is 0 Å². The molecule has 0 aromatic carbocycles. The lowest BCUT2D eigenvalue weighted by molar-refractivity contribution is -0.151. The summed E-state index contributed by atoms with van der Waals surface area (Å²) in [6.07, 6.45) is 1.26. The maximum Gasteiger partial charge on any atom is 0.303 e. The highest BCUT2D eigenvalue weighted by Crippen LogP contribution is 2.28. The second kappa shape index (κ2) is 3.12. The molecule has 1 saturated heterocycles. The molecule has 2 aliphatic rings. The van der Waals surface area contributed by atoms with Gasteiger partial charge in [0.1, 0.15) is 12.2 Å². The van der Waals surface area contributed by atoms with E-state index in [2.05, 4.69) is 0 Å². The fourth-order valence-electron chi connectivity index (χ4n) is 1.58. The monoisotopic (exact) mass is 184 g/mol. The number of fused-ring (bicyclic) bond motifs is 2. The van der Waals surface area contributed by atoms with Crippen molar-refractivity contribution in [2.24, 2.45) is 0 Å². The topological polar surface area (TPSA) is 44.8 Å². The van der Waals surface area contributed by atoms with E-state index in [1.807, 2.05) is 13.0 Å². The SMILES string of the molecule is CC(=O)O[C@@H]1C=C(C)[C@@H]2OC[C@H]1O2. The van der Waals surface area contributed by atoms with Crippen LogP contribution in [0.15, 0.2) is 11.6 Å². The number of esters is 1. The molecule has 0 aliphatic carbocycles. The Bertz CT molecular complexity index is 258. The van der Waals surface area contributed by atoms with E-state index in [0.29, 0.717) is 6.61 Å². The molecule has 0 radical (unpaired) electrons. The van der Waals surface area contributed by atoms with E-state index >= 15 is 0 Å². The Balaban J connectivity index is 2.11. The summed E-state index contributed by atoms with van der Waals surface area (Å²) in [7, 11) is 0. The molecule has 2 rings (SSSR count). The Morgan fingerprint density at radius 2 is 2.46 bits per heavy atom. The predicted molar refractivity (Wildman–Crippen MR) is 43.9 cm³/mol. The van der Waals surface area contributed by atoms with Crippen molar-refractivity contribution >= 4 is 5.97 Å². The first kappa shape index (κ1) is 8.72. The minimum absolute atomic E-state index is 0.127. The van der Waals surface area contributed by atoms with Gasteiger partial charge in [0.05, 0.1) is 6.61 Å². The predicted octanol–water partition coefficient (Wildman–Crippen LogP) is 0.619. The molecule has 0 N–H and O–H groups in total. The highest BCUT2D eigenvalue weighted by molar-refractivity contribution is 5.66. The number of carbonyl (C=O) groups excluding carboxylic acids is 1. The Kier molecular flexibility index (Phi) is 2.09. The third kappa shape index (κ3) is 1.59. The van der Waals surface area contributed by atoms with Crippen molar-refractivity contribution in [1.82, 2.24) is 0 Å². The minimum Gasteiger partial charge on any atom is -0.455 e. The summed E-state index contributed by atoms with van der Waals surface area (Å²) in [4.78, 5) is 10.7. The summed E-state index contributed by atoms with van der Waals surface area (Å²) in [5, 5.41) is 0. The van der Waals surface area contributed by atoms with Crippen molar-refractivity contribution in [3.63, 3.8) is 0 Å². The molecule has 0 unspecified atom stereocenters. The van der Waals surface area contributed by atoms with Crippen molar-refractivity contribution in [3.05, 3.63) is 11.6 Å². The number of hydrogen-bond donors (Lipinski definition) is 0. The molecular formula is C9H12O4. The van der Waals surface area contributed by atoms with Gasteiger partial charge in [0, 0.05) is 6.92 Å². The lowest BCUT2D eigenvalue weighted by Crippen LogP contribution is -2.34. The fourth-order valence-corrected chi connectivity index (χ4v) is 1.58. The van der Waals surface area contributed by atoms with E-state index in [-0.39, 0.29) is 24.5 Å². The fraction of sp³-hybridized carbons (Fsp3) is 0.667.